The van der Waals surface area contributed by atoms with Crippen LogP contribution in [0.5, 0.6) is 0 Å². The molecular formula is C10H17N5. The number of hydrogen-bond donors (Lipinski definition) is 0. The van der Waals surface area contributed by atoms with Crippen LogP contribution in [0.3, 0.4) is 0 Å². The lowest BCUT2D eigenvalue weighted by molar-refractivity contribution is -0.0951. The van der Waals surface area contributed by atoms with Gasteiger partial charge in [-0.25, -0.2) is 0 Å². The Kier molecular flexibility index (Phi) is 4.05. The average molecular weight is 207 g/mol. The van der Waals surface area contributed by atoms with Crippen molar-refractivity contribution < 1.29 is 0 Å². The molecule has 1 aliphatic heterocycles. The molecule has 1 aliphatic rings. The molecule has 15 heavy (non-hydrogen) atoms. The highest BCUT2D eigenvalue weighted by Gasteiger charge is 2.32. The minimum atomic E-state index is 0.245. The third-order valence-electron chi connectivity index (χ3n) is 3.15. The lowest BCUT2D eigenvalue weighted by atomic mass is 10.3. The average Bonchev–Trinajstić information content (AvgIpc) is 2.22. The van der Waals surface area contributed by atoms with Gasteiger partial charge in [0.15, 0.2) is 0 Å². The Morgan fingerprint density at radius 2 is 1.47 bits per heavy atom. The van der Waals surface area contributed by atoms with Crippen LogP contribution >= 0.6 is 0 Å². The van der Waals surface area contributed by atoms with Crippen LogP contribution in [-0.2, 0) is 0 Å². The fourth-order valence-corrected chi connectivity index (χ4v) is 1.84. The van der Waals surface area contributed by atoms with Gasteiger partial charge in [-0.1, -0.05) is 0 Å². The Bertz CT molecular complexity index is 261. The molecule has 5 nitrogen and oxygen atoms in total. The van der Waals surface area contributed by atoms with Crippen molar-refractivity contribution in [2.24, 2.45) is 0 Å². The molecule has 0 aromatic heterocycles. The Morgan fingerprint density at radius 1 is 1.07 bits per heavy atom. The number of nitrogens with zero attached hydrogens (tertiary/aromatic N) is 5. The van der Waals surface area contributed by atoms with E-state index in [-0.39, 0.29) is 12.3 Å². The van der Waals surface area contributed by atoms with E-state index in [4.69, 9.17) is 10.5 Å². The van der Waals surface area contributed by atoms with Crippen molar-refractivity contribution in [2.45, 2.75) is 26.2 Å². The highest BCUT2D eigenvalue weighted by molar-refractivity contribution is 4.88. The van der Waals surface area contributed by atoms with E-state index in [0.29, 0.717) is 19.8 Å². The molecule has 0 spiro atoms. The molecule has 1 rings (SSSR count). The van der Waals surface area contributed by atoms with Crippen LogP contribution in [0.4, 0.5) is 0 Å². The summed E-state index contributed by atoms with van der Waals surface area (Å²) in [4.78, 5) is 6.27. The van der Waals surface area contributed by atoms with Gasteiger partial charge in [0, 0.05) is 0 Å². The van der Waals surface area contributed by atoms with Gasteiger partial charge in [-0.05, 0) is 20.9 Å². The highest BCUT2D eigenvalue weighted by atomic mass is 15.5. The molecule has 82 valence electrons. The number of hydrogen-bond acceptors (Lipinski definition) is 5. The summed E-state index contributed by atoms with van der Waals surface area (Å²) in [6, 6.07) is 4.31. The highest BCUT2D eigenvalue weighted by Crippen LogP contribution is 2.17. The fraction of sp³-hybridized carbons (Fsp3) is 0.800. The molecular weight excluding hydrogens is 190 g/mol. The van der Waals surface area contributed by atoms with Crippen LogP contribution in [0.1, 0.15) is 13.8 Å². The van der Waals surface area contributed by atoms with Gasteiger partial charge < -0.3 is 0 Å². The van der Waals surface area contributed by atoms with Gasteiger partial charge >= 0.3 is 0 Å². The van der Waals surface area contributed by atoms with Crippen molar-refractivity contribution in [3.05, 3.63) is 0 Å². The zero-order valence-corrected chi connectivity index (χ0v) is 9.51. The lowest BCUT2D eigenvalue weighted by Gasteiger charge is -2.48. The first-order chi connectivity index (χ1) is 7.11. The molecule has 0 aliphatic carbocycles. The minimum absolute atomic E-state index is 0.245. The summed E-state index contributed by atoms with van der Waals surface area (Å²) < 4.78 is 0. The summed E-state index contributed by atoms with van der Waals surface area (Å²) in [5.41, 5.74) is 0. The Hall–Kier alpha value is -1.14. The lowest BCUT2D eigenvalue weighted by Crippen LogP contribution is -2.63. The Labute approximate surface area is 91.1 Å². The maximum atomic E-state index is 8.71. The van der Waals surface area contributed by atoms with Gasteiger partial charge in [0.1, 0.15) is 0 Å². The van der Waals surface area contributed by atoms with Crippen molar-refractivity contribution >= 4 is 0 Å². The standard InChI is InChI=1S/C10H17N5/c1-9-13(3)10(2)15(7-5-12)8-14(9)6-4-11/h9-10H,6-8H2,1-3H3. The molecule has 0 N–H and O–H groups in total. The quantitative estimate of drug-likeness (QED) is 0.607. The van der Waals surface area contributed by atoms with Gasteiger partial charge in [0.05, 0.1) is 44.2 Å². The maximum absolute atomic E-state index is 8.71. The summed E-state index contributed by atoms with van der Waals surface area (Å²) >= 11 is 0. The second-order valence-corrected chi connectivity index (χ2v) is 3.88. The van der Waals surface area contributed by atoms with E-state index in [0.717, 1.165) is 0 Å². The molecule has 0 radical (unpaired) electrons. The van der Waals surface area contributed by atoms with Crippen LogP contribution in [0, 0.1) is 22.7 Å². The van der Waals surface area contributed by atoms with Gasteiger partial charge in [0.25, 0.3) is 0 Å². The molecule has 0 saturated carbocycles. The van der Waals surface area contributed by atoms with Crippen molar-refractivity contribution in [1.82, 2.24) is 14.7 Å². The first kappa shape index (κ1) is 11.9. The molecule has 0 aromatic rings. The normalized spacial score (nSPS) is 29.7. The van der Waals surface area contributed by atoms with E-state index < -0.39 is 0 Å². The van der Waals surface area contributed by atoms with Gasteiger partial charge in [-0.15, -0.1) is 0 Å². The molecule has 5 heteroatoms. The molecule has 1 fully saturated rings. The maximum Gasteiger partial charge on any atom is 0.0888 e. The Balaban J connectivity index is 2.72. The summed E-state index contributed by atoms with van der Waals surface area (Å²) in [5.74, 6) is 0. The zero-order chi connectivity index (χ0) is 11.4. The minimum Gasteiger partial charge on any atom is -0.276 e. The largest absolute Gasteiger partial charge is 0.276 e. The zero-order valence-electron chi connectivity index (χ0n) is 9.51. The van der Waals surface area contributed by atoms with Crippen molar-refractivity contribution in [2.75, 3.05) is 26.8 Å². The van der Waals surface area contributed by atoms with E-state index in [1.54, 1.807) is 0 Å². The summed E-state index contributed by atoms with van der Waals surface area (Å²) in [5, 5.41) is 17.4. The molecule has 2 atom stereocenters. The van der Waals surface area contributed by atoms with Crippen molar-refractivity contribution in [1.29, 1.82) is 10.5 Å². The predicted octanol–water partition coefficient (Wildman–Crippen LogP) is 0.232. The molecule has 2 unspecified atom stereocenters. The second kappa shape index (κ2) is 5.09. The van der Waals surface area contributed by atoms with E-state index >= 15 is 0 Å². The van der Waals surface area contributed by atoms with Crippen molar-refractivity contribution in [3.8, 4) is 12.1 Å². The Morgan fingerprint density at radius 3 is 1.80 bits per heavy atom. The summed E-state index contributed by atoms with van der Waals surface area (Å²) in [6.45, 7) is 5.66. The number of nitriles is 2. The topological polar surface area (TPSA) is 57.3 Å². The molecule has 0 aromatic carbocycles. The molecule has 0 amide bonds. The van der Waals surface area contributed by atoms with Crippen molar-refractivity contribution in [3.63, 3.8) is 0 Å². The van der Waals surface area contributed by atoms with Crippen LogP contribution in [0.25, 0.3) is 0 Å². The molecule has 1 saturated heterocycles. The first-order valence-electron chi connectivity index (χ1n) is 5.05. The van der Waals surface area contributed by atoms with Crippen LogP contribution < -0.4 is 0 Å². The SMILES string of the molecule is CC1N(CC#N)CN(CC#N)C(C)N1C. The molecule has 0 bridgehead atoms. The third-order valence-corrected chi connectivity index (χ3v) is 3.15. The smallest absolute Gasteiger partial charge is 0.0888 e. The summed E-state index contributed by atoms with van der Waals surface area (Å²) in [6.07, 6.45) is 0.490. The summed E-state index contributed by atoms with van der Waals surface area (Å²) in [7, 11) is 2.02. The molecule has 1 heterocycles. The predicted molar refractivity (Wildman–Crippen MR) is 56.2 cm³/mol. The van der Waals surface area contributed by atoms with Gasteiger partial charge in [-0.3, -0.25) is 14.7 Å². The van der Waals surface area contributed by atoms with Crippen LogP contribution in [0.15, 0.2) is 0 Å². The van der Waals surface area contributed by atoms with E-state index in [1.807, 2.05) is 7.05 Å². The van der Waals surface area contributed by atoms with E-state index in [9.17, 15) is 0 Å². The van der Waals surface area contributed by atoms with Crippen LogP contribution in [-0.4, -0.2) is 53.8 Å². The monoisotopic (exact) mass is 207 g/mol. The first-order valence-corrected chi connectivity index (χ1v) is 5.05. The second-order valence-electron chi connectivity index (χ2n) is 3.88. The van der Waals surface area contributed by atoms with Gasteiger partial charge in [0.2, 0.25) is 0 Å². The van der Waals surface area contributed by atoms with Crippen LogP contribution in [0.2, 0.25) is 0 Å². The fourth-order valence-electron chi connectivity index (χ4n) is 1.84. The number of rotatable bonds is 2. The van der Waals surface area contributed by atoms with E-state index in [1.165, 1.54) is 0 Å². The third kappa shape index (κ3) is 2.45. The van der Waals surface area contributed by atoms with Gasteiger partial charge in [-0.2, -0.15) is 10.5 Å². The van der Waals surface area contributed by atoms with E-state index in [2.05, 4.69) is 40.7 Å².